The maximum atomic E-state index is 6.02. The van der Waals surface area contributed by atoms with Crippen molar-refractivity contribution in [2.75, 3.05) is 27.8 Å². The SMILES string of the molecule is COc1cc(Br)c(C(CN)N(C)C2CCC2)cc1OC. The molecule has 1 aromatic rings. The number of hydrogen-bond donors (Lipinski definition) is 1. The first-order valence-corrected chi connectivity index (χ1v) is 7.75. The third-order valence-electron chi connectivity index (χ3n) is 4.23. The second kappa shape index (κ2) is 6.78. The molecule has 1 fully saturated rings. The molecule has 1 saturated carbocycles. The van der Waals surface area contributed by atoms with E-state index >= 15 is 0 Å². The molecule has 0 bridgehead atoms. The Kier molecular flexibility index (Phi) is 5.29. The maximum absolute atomic E-state index is 6.02. The molecule has 112 valence electrons. The van der Waals surface area contributed by atoms with Gasteiger partial charge in [-0.25, -0.2) is 0 Å². The van der Waals surface area contributed by atoms with Crippen LogP contribution in [0.25, 0.3) is 0 Å². The highest BCUT2D eigenvalue weighted by Crippen LogP contribution is 2.39. The molecule has 1 unspecified atom stereocenters. The minimum Gasteiger partial charge on any atom is -0.493 e. The zero-order valence-electron chi connectivity index (χ0n) is 12.4. The molecule has 20 heavy (non-hydrogen) atoms. The lowest BCUT2D eigenvalue weighted by Crippen LogP contribution is -2.42. The van der Waals surface area contributed by atoms with Crippen molar-refractivity contribution in [2.24, 2.45) is 5.73 Å². The molecular weight excluding hydrogens is 320 g/mol. The van der Waals surface area contributed by atoms with Gasteiger partial charge in [0.1, 0.15) is 0 Å². The third kappa shape index (κ3) is 2.95. The van der Waals surface area contributed by atoms with Crippen LogP contribution in [0.4, 0.5) is 0 Å². The quantitative estimate of drug-likeness (QED) is 0.863. The predicted octanol–water partition coefficient (Wildman–Crippen LogP) is 2.95. The minimum atomic E-state index is 0.189. The van der Waals surface area contributed by atoms with Crippen LogP contribution >= 0.6 is 15.9 Å². The first kappa shape index (κ1) is 15.6. The molecule has 0 radical (unpaired) electrons. The van der Waals surface area contributed by atoms with Gasteiger partial charge in [-0.05, 0) is 37.6 Å². The van der Waals surface area contributed by atoms with Crippen molar-refractivity contribution in [2.45, 2.75) is 31.3 Å². The number of hydrogen-bond acceptors (Lipinski definition) is 4. The number of nitrogens with two attached hydrogens (primary N) is 1. The monoisotopic (exact) mass is 342 g/mol. The summed E-state index contributed by atoms with van der Waals surface area (Å²) in [6, 6.07) is 4.80. The zero-order chi connectivity index (χ0) is 14.7. The van der Waals surface area contributed by atoms with E-state index in [0.717, 1.165) is 21.5 Å². The standard InChI is InChI=1S/C15H23BrN2O2/c1-18(10-5-4-6-10)13(9-17)11-7-14(19-2)15(20-3)8-12(11)16/h7-8,10,13H,4-6,9,17H2,1-3H3. The van der Waals surface area contributed by atoms with E-state index in [1.165, 1.54) is 19.3 Å². The molecule has 1 atom stereocenters. The summed E-state index contributed by atoms with van der Waals surface area (Å²) in [6.45, 7) is 0.584. The lowest BCUT2D eigenvalue weighted by Gasteiger charge is -2.40. The molecule has 2 rings (SSSR count). The van der Waals surface area contributed by atoms with E-state index in [0.29, 0.717) is 12.6 Å². The highest BCUT2D eigenvalue weighted by molar-refractivity contribution is 9.10. The van der Waals surface area contributed by atoms with Gasteiger partial charge >= 0.3 is 0 Å². The highest BCUT2D eigenvalue weighted by Gasteiger charge is 2.29. The van der Waals surface area contributed by atoms with E-state index < -0.39 is 0 Å². The molecule has 1 aromatic carbocycles. The second-order valence-corrected chi connectivity index (χ2v) is 6.08. The van der Waals surface area contributed by atoms with E-state index in [9.17, 15) is 0 Å². The molecule has 1 aliphatic rings. The van der Waals surface area contributed by atoms with Gasteiger partial charge in [0.2, 0.25) is 0 Å². The fourth-order valence-electron chi connectivity index (χ4n) is 2.69. The Morgan fingerprint density at radius 1 is 1.30 bits per heavy atom. The largest absolute Gasteiger partial charge is 0.493 e. The minimum absolute atomic E-state index is 0.189. The maximum Gasteiger partial charge on any atom is 0.161 e. The Morgan fingerprint density at radius 2 is 1.90 bits per heavy atom. The summed E-state index contributed by atoms with van der Waals surface area (Å²) < 4.78 is 11.7. The number of nitrogens with zero attached hydrogens (tertiary/aromatic N) is 1. The van der Waals surface area contributed by atoms with Gasteiger partial charge in [-0.1, -0.05) is 22.4 Å². The molecular formula is C15H23BrN2O2. The first-order valence-electron chi connectivity index (χ1n) is 6.95. The van der Waals surface area contributed by atoms with E-state index in [1.54, 1.807) is 14.2 Å². The Bertz CT molecular complexity index is 463. The van der Waals surface area contributed by atoms with Crippen molar-refractivity contribution < 1.29 is 9.47 Å². The van der Waals surface area contributed by atoms with Gasteiger partial charge in [0, 0.05) is 23.1 Å². The Morgan fingerprint density at radius 3 is 2.35 bits per heavy atom. The summed E-state index contributed by atoms with van der Waals surface area (Å²) in [7, 11) is 5.46. The molecule has 2 N–H and O–H groups in total. The number of methoxy groups -OCH3 is 2. The fraction of sp³-hybridized carbons (Fsp3) is 0.600. The average Bonchev–Trinajstić information content (AvgIpc) is 2.38. The van der Waals surface area contributed by atoms with E-state index in [2.05, 4.69) is 27.9 Å². The summed E-state index contributed by atoms with van der Waals surface area (Å²) >= 11 is 3.63. The molecule has 0 spiro atoms. The normalized spacial score (nSPS) is 16.9. The van der Waals surface area contributed by atoms with Crippen molar-refractivity contribution in [3.05, 3.63) is 22.2 Å². The summed E-state index contributed by atoms with van der Waals surface area (Å²) in [6.07, 6.45) is 3.84. The lowest BCUT2D eigenvalue weighted by molar-refractivity contribution is 0.113. The van der Waals surface area contributed by atoms with Crippen LogP contribution in [-0.4, -0.2) is 38.8 Å². The van der Waals surface area contributed by atoms with E-state index in [4.69, 9.17) is 15.2 Å². The van der Waals surface area contributed by atoms with Crippen molar-refractivity contribution in [3.8, 4) is 11.5 Å². The number of benzene rings is 1. The molecule has 0 heterocycles. The Balaban J connectivity index is 2.33. The molecule has 0 aliphatic heterocycles. The topological polar surface area (TPSA) is 47.7 Å². The van der Waals surface area contributed by atoms with E-state index in [1.807, 2.05) is 12.1 Å². The second-order valence-electron chi connectivity index (χ2n) is 5.23. The molecule has 1 aliphatic carbocycles. The van der Waals surface area contributed by atoms with Gasteiger partial charge in [0.25, 0.3) is 0 Å². The van der Waals surface area contributed by atoms with Crippen LogP contribution in [0.5, 0.6) is 11.5 Å². The van der Waals surface area contributed by atoms with Crippen LogP contribution in [0.3, 0.4) is 0 Å². The zero-order valence-corrected chi connectivity index (χ0v) is 13.9. The Labute approximate surface area is 129 Å². The number of likely N-dealkylation sites (N-methyl/N-ethyl adjacent to an activating group) is 1. The van der Waals surface area contributed by atoms with Crippen LogP contribution in [0.2, 0.25) is 0 Å². The van der Waals surface area contributed by atoms with Gasteiger partial charge in [-0.2, -0.15) is 0 Å². The first-order chi connectivity index (χ1) is 9.62. The smallest absolute Gasteiger partial charge is 0.161 e. The summed E-state index contributed by atoms with van der Waals surface area (Å²) in [5.74, 6) is 1.47. The number of halogens is 1. The average molecular weight is 343 g/mol. The highest BCUT2D eigenvalue weighted by atomic mass is 79.9. The third-order valence-corrected chi connectivity index (χ3v) is 4.91. The van der Waals surface area contributed by atoms with Crippen LogP contribution in [-0.2, 0) is 0 Å². The van der Waals surface area contributed by atoms with Gasteiger partial charge < -0.3 is 15.2 Å². The van der Waals surface area contributed by atoms with Gasteiger partial charge in [0.05, 0.1) is 14.2 Å². The van der Waals surface area contributed by atoms with Crippen molar-refractivity contribution >= 4 is 15.9 Å². The van der Waals surface area contributed by atoms with Crippen molar-refractivity contribution in [3.63, 3.8) is 0 Å². The molecule has 0 saturated heterocycles. The van der Waals surface area contributed by atoms with Gasteiger partial charge in [0.15, 0.2) is 11.5 Å². The molecule has 0 amide bonds. The van der Waals surface area contributed by atoms with Crippen LogP contribution in [0.1, 0.15) is 30.9 Å². The van der Waals surface area contributed by atoms with Crippen LogP contribution in [0, 0.1) is 0 Å². The summed E-state index contributed by atoms with van der Waals surface area (Å²) in [5, 5.41) is 0. The molecule has 4 nitrogen and oxygen atoms in total. The lowest BCUT2D eigenvalue weighted by atomic mass is 9.89. The number of ether oxygens (including phenoxy) is 2. The molecule has 5 heteroatoms. The number of rotatable bonds is 6. The summed E-state index contributed by atoms with van der Waals surface area (Å²) in [5.41, 5.74) is 7.17. The van der Waals surface area contributed by atoms with Crippen molar-refractivity contribution in [1.82, 2.24) is 4.90 Å². The van der Waals surface area contributed by atoms with E-state index in [-0.39, 0.29) is 6.04 Å². The van der Waals surface area contributed by atoms with Crippen molar-refractivity contribution in [1.29, 1.82) is 0 Å². The Hall–Kier alpha value is -0.780. The fourth-order valence-corrected chi connectivity index (χ4v) is 3.27. The van der Waals surface area contributed by atoms with Crippen LogP contribution < -0.4 is 15.2 Å². The predicted molar refractivity (Wildman–Crippen MR) is 84.4 cm³/mol. The van der Waals surface area contributed by atoms with Gasteiger partial charge in [-0.15, -0.1) is 0 Å². The van der Waals surface area contributed by atoms with Crippen LogP contribution in [0.15, 0.2) is 16.6 Å². The molecule has 0 aromatic heterocycles. The van der Waals surface area contributed by atoms with Gasteiger partial charge in [-0.3, -0.25) is 4.90 Å². The summed E-state index contributed by atoms with van der Waals surface area (Å²) in [4.78, 5) is 2.38.